The summed E-state index contributed by atoms with van der Waals surface area (Å²) in [4.78, 5) is 24.9. The fourth-order valence-corrected chi connectivity index (χ4v) is 2.84. The van der Waals surface area contributed by atoms with Crippen LogP contribution >= 0.6 is 24.0 Å². The summed E-state index contributed by atoms with van der Waals surface area (Å²) in [5.74, 6) is -0.0720. The molecule has 3 rings (SSSR count). The molecule has 8 heteroatoms. The van der Waals surface area contributed by atoms with Crippen molar-refractivity contribution in [1.82, 2.24) is 10.6 Å². The van der Waals surface area contributed by atoms with Gasteiger partial charge < -0.3 is 20.4 Å². The van der Waals surface area contributed by atoms with E-state index in [-0.39, 0.29) is 30.3 Å². The van der Waals surface area contributed by atoms with Crippen LogP contribution in [0.25, 0.3) is 0 Å². The van der Waals surface area contributed by atoms with Crippen LogP contribution in [-0.2, 0) is 0 Å². The van der Waals surface area contributed by atoms with Crippen molar-refractivity contribution in [2.45, 2.75) is 19.4 Å². The zero-order chi connectivity index (χ0) is 17.1. The molecule has 1 aliphatic heterocycles. The number of aryl methyl sites for hydroxylation is 1. The van der Waals surface area contributed by atoms with Crippen molar-refractivity contribution >= 4 is 41.5 Å². The Hall–Kier alpha value is -2.02. The van der Waals surface area contributed by atoms with Crippen molar-refractivity contribution < 1.29 is 14.0 Å². The number of amides is 2. The summed E-state index contributed by atoms with van der Waals surface area (Å²) in [6, 6.07) is 6.48. The Labute approximate surface area is 156 Å². The Morgan fingerprint density at radius 1 is 1.24 bits per heavy atom. The molecule has 25 heavy (non-hydrogen) atoms. The van der Waals surface area contributed by atoms with Crippen molar-refractivity contribution in [3.05, 3.63) is 52.4 Å². The predicted molar refractivity (Wildman–Crippen MR) is 98.8 cm³/mol. The maximum absolute atomic E-state index is 12.5. The lowest BCUT2D eigenvalue weighted by molar-refractivity contribution is 0.0941. The van der Waals surface area contributed by atoms with Gasteiger partial charge in [0.1, 0.15) is 5.76 Å². The van der Waals surface area contributed by atoms with Gasteiger partial charge in [0, 0.05) is 17.6 Å². The van der Waals surface area contributed by atoms with Gasteiger partial charge in [-0.05, 0) is 44.2 Å². The van der Waals surface area contributed by atoms with Gasteiger partial charge in [0.15, 0.2) is 0 Å². The Bertz CT molecular complexity index is 770. The fourth-order valence-electron chi connectivity index (χ4n) is 2.67. The van der Waals surface area contributed by atoms with E-state index in [9.17, 15) is 9.59 Å². The molecule has 0 bridgehead atoms. The summed E-state index contributed by atoms with van der Waals surface area (Å²) in [6.07, 6.45) is 2.33. The van der Waals surface area contributed by atoms with E-state index in [2.05, 4.69) is 16.0 Å². The molecule has 6 nitrogen and oxygen atoms in total. The average Bonchev–Trinajstić information content (AvgIpc) is 3.18. The fraction of sp³-hybridized carbons (Fsp3) is 0.294. The van der Waals surface area contributed by atoms with E-state index in [0.29, 0.717) is 27.6 Å². The lowest BCUT2D eigenvalue weighted by Gasteiger charge is -2.15. The number of benzene rings is 1. The van der Waals surface area contributed by atoms with Crippen LogP contribution in [0.15, 0.2) is 34.9 Å². The van der Waals surface area contributed by atoms with E-state index in [1.54, 1.807) is 31.2 Å². The number of furan rings is 1. The van der Waals surface area contributed by atoms with Crippen LogP contribution in [0.3, 0.4) is 0 Å². The second-order valence-corrected chi connectivity index (χ2v) is 6.13. The van der Waals surface area contributed by atoms with Crippen LogP contribution in [0.4, 0.5) is 5.69 Å². The first-order chi connectivity index (χ1) is 11.5. The molecule has 2 aromatic rings. The third kappa shape index (κ3) is 4.54. The number of carbonyl (C=O) groups is 2. The van der Waals surface area contributed by atoms with Crippen molar-refractivity contribution in [2.75, 3.05) is 18.4 Å². The molecule has 1 saturated heterocycles. The summed E-state index contributed by atoms with van der Waals surface area (Å²) in [6.45, 7) is 3.33. The molecular formula is C17H19Cl2N3O3. The second-order valence-electron chi connectivity index (χ2n) is 5.70. The SMILES string of the molecule is Cc1occc1C(=O)Nc1cc(Cl)ccc1C(=O)NC1CCNC1.Cl. The van der Waals surface area contributed by atoms with E-state index in [1.165, 1.54) is 6.26 Å². The highest BCUT2D eigenvalue weighted by Crippen LogP contribution is 2.23. The molecule has 2 amide bonds. The van der Waals surface area contributed by atoms with Gasteiger partial charge in [-0.3, -0.25) is 9.59 Å². The first-order valence-corrected chi connectivity index (χ1v) is 8.09. The maximum Gasteiger partial charge on any atom is 0.259 e. The minimum atomic E-state index is -0.347. The second kappa shape index (κ2) is 8.38. The number of halogens is 2. The Kier molecular flexibility index (Phi) is 6.47. The van der Waals surface area contributed by atoms with Gasteiger partial charge in [-0.25, -0.2) is 0 Å². The van der Waals surface area contributed by atoms with Crippen molar-refractivity contribution in [2.24, 2.45) is 0 Å². The number of nitrogens with one attached hydrogen (secondary N) is 3. The molecule has 3 N–H and O–H groups in total. The van der Waals surface area contributed by atoms with Gasteiger partial charge in [0.05, 0.1) is 23.1 Å². The quantitative estimate of drug-likeness (QED) is 0.757. The molecule has 1 fully saturated rings. The average molecular weight is 384 g/mol. The maximum atomic E-state index is 12.5. The smallest absolute Gasteiger partial charge is 0.259 e. The van der Waals surface area contributed by atoms with Gasteiger partial charge >= 0.3 is 0 Å². The molecule has 1 unspecified atom stereocenters. The number of hydrogen-bond acceptors (Lipinski definition) is 4. The van der Waals surface area contributed by atoms with Gasteiger partial charge in [-0.2, -0.15) is 0 Å². The molecule has 0 radical (unpaired) electrons. The Balaban J connectivity index is 0.00000225. The minimum absolute atomic E-state index is 0. The third-order valence-electron chi connectivity index (χ3n) is 3.97. The summed E-state index contributed by atoms with van der Waals surface area (Å²) >= 11 is 6.02. The number of carbonyl (C=O) groups excluding carboxylic acids is 2. The Morgan fingerprint density at radius 3 is 2.68 bits per heavy atom. The van der Waals surface area contributed by atoms with Crippen molar-refractivity contribution in [3.63, 3.8) is 0 Å². The molecule has 134 valence electrons. The summed E-state index contributed by atoms with van der Waals surface area (Å²) in [7, 11) is 0. The van der Waals surface area contributed by atoms with Gasteiger partial charge in [0.2, 0.25) is 0 Å². The molecule has 0 aliphatic carbocycles. The lowest BCUT2D eigenvalue weighted by atomic mass is 10.1. The zero-order valence-electron chi connectivity index (χ0n) is 13.6. The molecular weight excluding hydrogens is 365 g/mol. The van der Waals surface area contributed by atoms with Crippen LogP contribution in [0.1, 0.15) is 32.9 Å². The highest BCUT2D eigenvalue weighted by molar-refractivity contribution is 6.31. The third-order valence-corrected chi connectivity index (χ3v) is 4.21. The van der Waals surface area contributed by atoms with Crippen LogP contribution in [0, 0.1) is 6.92 Å². The van der Waals surface area contributed by atoms with Crippen molar-refractivity contribution in [3.8, 4) is 0 Å². The molecule has 1 aromatic heterocycles. The predicted octanol–water partition coefficient (Wildman–Crippen LogP) is 3.01. The Morgan fingerprint density at radius 2 is 2.04 bits per heavy atom. The van der Waals surface area contributed by atoms with Crippen LogP contribution in [0.5, 0.6) is 0 Å². The number of hydrogen-bond donors (Lipinski definition) is 3. The number of anilines is 1. The highest BCUT2D eigenvalue weighted by atomic mass is 35.5. The zero-order valence-corrected chi connectivity index (χ0v) is 15.2. The minimum Gasteiger partial charge on any atom is -0.469 e. The van der Waals surface area contributed by atoms with Crippen molar-refractivity contribution in [1.29, 1.82) is 0 Å². The summed E-state index contributed by atoms with van der Waals surface area (Å²) < 4.78 is 5.14. The molecule has 1 aliphatic rings. The summed E-state index contributed by atoms with van der Waals surface area (Å²) in [5.41, 5.74) is 1.17. The normalized spacial score (nSPS) is 16.2. The van der Waals surface area contributed by atoms with E-state index in [0.717, 1.165) is 19.5 Å². The molecule has 0 saturated carbocycles. The first kappa shape index (κ1) is 19.3. The van der Waals surface area contributed by atoms with Gasteiger partial charge in [0.25, 0.3) is 11.8 Å². The molecule has 2 heterocycles. The highest BCUT2D eigenvalue weighted by Gasteiger charge is 2.21. The van der Waals surface area contributed by atoms with Crippen LogP contribution in [-0.4, -0.2) is 30.9 Å². The van der Waals surface area contributed by atoms with Crippen LogP contribution < -0.4 is 16.0 Å². The molecule has 1 aromatic carbocycles. The standard InChI is InChI=1S/C17H18ClN3O3.ClH/c1-10-13(5-7-24-10)16(22)21-15-8-11(18)2-3-14(15)17(23)20-12-4-6-19-9-12;/h2-3,5,7-8,12,19H,4,6,9H2,1H3,(H,20,23)(H,21,22);1H. The van der Waals surface area contributed by atoms with E-state index >= 15 is 0 Å². The molecule has 0 spiro atoms. The van der Waals surface area contributed by atoms with E-state index in [1.807, 2.05) is 0 Å². The van der Waals surface area contributed by atoms with Gasteiger partial charge in [-0.15, -0.1) is 12.4 Å². The first-order valence-electron chi connectivity index (χ1n) is 7.71. The van der Waals surface area contributed by atoms with E-state index in [4.69, 9.17) is 16.0 Å². The topological polar surface area (TPSA) is 83.4 Å². The monoisotopic (exact) mass is 383 g/mol. The van der Waals surface area contributed by atoms with E-state index < -0.39 is 0 Å². The van der Waals surface area contributed by atoms with Crippen LogP contribution in [0.2, 0.25) is 5.02 Å². The molecule has 1 atom stereocenters. The lowest BCUT2D eigenvalue weighted by Crippen LogP contribution is -2.36. The largest absolute Gasteiger partial charge is 0.469 e. The van der Waals surface area contributed by atoms with Gasteiger partial charge in [-0.1, -0.05) is 11.6 Å². The number of rotatable bonds is 4. The summed E-state index contributed by atoms with van der Waals surface area (Å²) in [5, 5.41) is 9.33.